The van der Waals surface area contributed by atoms with E-state index in [0.717, 1.165) is 28.7 Å². The summed E-state index contributed by atoms with van der Waals surface area (Å²) in [6.07, 6.45) is 0.809. The molecule has 2 heteroatoms. The van der Waals surface area contributed by atoms with Gasteiger partial charge in [0.15, 0.2) is 0 Å². The zero-order chi connectivity index (χ0) is 19.3. The highest BCUT2D eigenvalue weighted by molar-refractivity contribution is 5.71. The fraction of sp³-hybridized carbons (Fsp3) is 0.0769. The molecular weight excluding hydrogens is 344 g/mol. The molecule has 0 aliphatic heterocycles. The van der Waals surface area contributed by atoms with E-state index in [1.807, 2.05) is 54.6 Å². The Morgan fingerprint density at radius 3 is 1.93 bits per heavy atom. The average molecular weight is 366 g/mol. The minimum atomic E-state index is 0.147. The Balaban J connectivity index is 1.77. The van der Waals surface area contributed by atoms with Gasteiger partial charge in [-0.25, -0.2) is 0 Å². The second-order valence-electron chi connectivity index (χ2n) is 6.98. The molecule has 2 N–H and O–H groups in total. The summed E-state index contributed by atoms with van der Waals surface area (Å²) in [6.45, 7) is 0. The molecule has 0 bridgehead atoms. The number of rotatable bonds is 5. The third kappa shape index (κ3) is 3.91. The zero-order valence-electron chi connectivity index (χ0n) is 15.5. The van der Waals surface area contributed by atoms with E-state index in [1.54, 1.807) is 18.2 Å². The van der Waals surface area contributed by atoms with Crippen molar-refractivity contribution in [3.8, 4) is 22.6 Å². The van der Waals surface area contributed by atoms with E-state index in [2.05, 4.69) is 30.3 Å². The van der Waals surface area contributed by atoms with Crippen LogP contribution in [0.25, 0.3) is 11.1 Å². The second-order valence-corrected chi connectivity index (χ2v) is 6.98. The van der Waals surface area contributed by atoms with Crippen molar-refractivity contribution in [1.82, 2.24) is 0 Å². The van der Waals surface area contributed by atoms with Crippen LogP contribution in [0.1, 0.15) is 22.6 Å². The Morgan fingerprint density at radius 2 is 1.25 bits per heavy atom. The molecule has 0 spiro atoms. The lowest BCUT2D eigenvalue weighted by Gasteiger charge is -2.20. The van der Waals surface area contributed by atoms with E-state index in [4.69, 9.17) is 0 Å². The Hall–Kier alpha value is -3.52. The Labute approximate surface area is 165 Å². The third-order valence-corrected chi connectivity index (χ3v) is 5.09. The molecule has 0 aliphatic carbocycles. The maximum absolute atomic E-state index is 10.4. The molecule has 0 heterocycles. The zero-order valence-corrected chi connectivity index (χ0v) is 15.5. The lowest BCUT2D eigenvalue weighted by Crippen LogP contribution is -2.05. The minimum Gasteiger partial charge on any atom is -0.508 e. The van der Waals surface area contributed by atoms with Crippen LogP contribution in [0.2, 0.25) is 0 Å². The van der Waals surface area contributed by atoms with Gasteiger partial charge in [0.25, 0.3) is 0 Å². The van der Waals surface area contributed by atoms with Crippen molar-refractivity contribution in [3.05, 3.63) is 120 Å². The van der Waals surface area contributed by atoms with Gasteiger partial charge >= 0.3 is 0 Å². The highest BCUT2D eigenvalue weighted by Gasteiger charge is 2.17. The van der Waals surface area contributed by atoms with Crippen LogP contribution in [-0.2, 0) is 6.42 Å². The topological polar surface area (TPSA) is 40.5 Å². The van der Waals surface area contributed by atoms with Crippen LogP contribution >= 0.6 is 0 Å². The van der Waals surface area contributed by atoms with Crippen molar-refractivity contribution in [2.75, 3.05) is 0 Å². The third-order valence-electron chi connectivity index (χ3n) is 5.09. The Kier molecular flexibility index (Phi) is 5.11. The summed E-state index contributed by atoms with van der Waals surface area (Å²) >= 11 is 0. The molecule has 2 nitrogen and oxygen atoms in total. The lowest BCUT2D eigenvalue weighted by atomic mass is 9.84. The van der Waals surface area contributed by atoms with E-state index in [9.17, 15) is 10.2 Å². The van der Waals surface area contributed by atoms with Gasteiger partial charge in [-0.15, -0.1) is 0 Å². The van der Waals surface area contributed by atoms with Crippen LogP contribution in [0.3, 0.4) is 0 Å². The lowest BCUT2D eigenvalue weighted by molar-refractivity contribution is 0.474. The van der Waals surface area contributed by atoms with Gasteiger partial charge in [0, 0.05) is 11.5 Å². The summed E-state index contributed by atoms with van der Waals surface area (Å²) in [6, 6.07) is 33.6. The standard InChI is InChI=1S/C26H22O2/c27-23-14-11-19(12-15-23)17-24(20-7-3-1-4-8-20)22-13-16-26(28)25(18-22)21-9-5-2-6-10-21/h1-16,18,24,27-28H,17H2. The molecule has 138 valence electrons. The van der Waals surface area contributed by atoms with E-state index >= 15 is 0 Å². The normalized spacial score (nSPS) is 11.9. The molecule has 0 aromatic heterocycles. The van der Waals surface area contributed by atoms with Crippen molar-refractivity contribution in [1.29, 1.82) is 0 Å². The van der Waals surface area contributed by atoms with E-state index in [-0.39, 0.29) is 17.4 Å². The van der Waals surface area contributed by atoms with Gasteiger partial charge in [0.05, 0.1) is 0 Å². The molecule has 0 radical (unpaired) electrons. The summed E-state index contributed by atoms with van der Waals surface area (Å²) in [4.78, 5) is 0. The highest BCUT2D eigenvalue weighted by atomic mass is 16.3. The van der Waals surface area contributed by atoms with Crippen LogP contribution in [0.4, 0.5) is 0 Å². The monoisotopic (exact) mass is 366 g/mol. The second kappa shape index (κ2) is 8.01. The van der Waals surface area contributed by atoms with Crippen LogP contribution in [0, 0.1) is 0 Å². The van der Waals surface area contributed by atoms with Gasteiger partial charge in [0.2, 0.25) is 0 Å². The molecule has 28 heavy (non-hydrogen) atoms. The average Bonchev–Trinajstić information content (AvgIpc) is 2.75. The first-order valence-corrected chi connectivity index (χ1v) is 9.42. The molecule has 1 atom stereocenters. The molecule has 4 aromatic carbocycles. The quantitative estimate of drug-likeness (QED) is 0.445. The van der Waals surface area contributed by atoms with Crippen molar-refractivity contribution >= 4 is 0 Å². The Morgan fingerprint density at radius 1 is 0.607 bits per heavy atom. The van der Waals surface area contributed by atoms with Crippen molar-refractivity contribution in [2.45, 2.75) is 12.3 Å². The molecule has 0 fully saturated rings. The Bertz CT molecular complexity index is 1040. The van der Waals surface area contributed by atoms with Crippen LogP contribution < -0.4 is 0 Å². The van der Waals surface area contributed by atoms with Crippen molar-refractivity contribution in [2.24, 2.45) is 0 Å². The van der Waals surface area contributed by atoms with Crippen LogP contribution in [0.15, 0.2) is 103 Å². The van der Waals surface area contributed by atoms with Gasteiger partial charge < -0.3 is 10.2 Å². The predicted octanol–water partition coefficient (Wildman–Crippen LogP) is 6.14. The summed E-state index contributed by atoms with van der Waals surface area (Å²) < 4.78 is 0. The van der Waals surface area contributed by atoms with Gasteiger partial charge in [0.1, 0.15) is 11.5 Å². The van der Waals surface area contributed by atoms with E-state index < -0.39 is 0 Å². The predicted molar refractivity (Wildman–Crippen MR) is 114 cm³/mol. The maximum atomic E-state index is 10.4. The molecule has 0 saturated carbocycles. The van der Waals surface area contributed by atoms with Gasteiger partial charge in [-0.05, 0) is 52.9 Å². The van der Waals surface area contributed by atoms with Gasteiger partial charge in [-0.1, -0.05) is 78.9 Å². The maximum Gasteiger partial charge on any atom is 0.123 e. The van der Waals surface area contributed by atoms with Crippen LogP contribution in [-0.4, -0.2) is 10.2 Å². The molecule has 0 amide bonds. The van der Waals surface area contributed by atoms with Crippen LogP contribution in [0.5, 0.6) is 11.5 Å². The summed E-state index contributed by atoms with van der Waals surface area (Å²) in [5.41, 5.74) is 5.36. The summed E-state index contributed by atoms with van der Waals surface area (Å²) in [5, 5.41) is 20.0. The molecule has 0 saturated heterocycles. The number of benzene rings is 4. The fourth-order valence-electron chi connectivity index (χ4n) is 3.60. The number of hydrogen-bond donors (Lipinski definition) is 2. The van der Waals surface area contributed by atoms with Gasteiger partial charge in [-0.3, -0.25) is 0 Å². The first kappa shape index (κ1) is 17.9. The highest BCUT2D eigenvalue weighted by Crippen LogP contribution is 2.36. The van der Waals surface area contributed by atoms with E-state index in [0.29, 0.717) is 0 Å². The molecule has 1 unspecified atom stereocenters. The number of phenols is 2. The van der Waals surface area contributed by atoms with E-state index in [1.165, 1.54) is 5.56 Å². The van der Waals surface area contributed by atoms with Crippen molar-refractivity contribution < 1.29 is 10.2 Å². The fourth-order valence-corrected chi connectivity index (χ4v) is 3.60. The first-order valence-electron chi connectivity index (χ1n) is 9.42. The smallest absolute Gasteiger partial charge is 0.123 e. The van der Waals surface area contributed by atoms with Crippen molar-refractivity contribution in [3.63, 3.8) is 0 Å². The van der Waals surface area contributed by atoms with Gasteiger partial charge in [-0.2, -0.15) is 0 Å². The molecular formula is C26H22O2. The number of phenolic OH excluding ortho intramolecular Hbond substituents is 2. The SMILES string of the molecule is Oc1ccc(CC(c2ccccc2)c2ccc(O)c(-c3ccccc3)c2)cc1. The molecule has 0 aliphatic rings. The molecule has 4 rings (SSSR count). The number of hydrogen-bond acceptors (Lipinski definition) is 2. The minimum absolute atomic E-state index is 0.147. The number of aromatic hydroxyl groups is 2. The first-order chi connectivity index (χ1) is 13.7. The largest absolute Gasteiger partial charge is 0.508 e. The summed E-state index contributed by atoms with van der Waals surface area (Å²) in [7, 11) is 0. The molecule has 4 aromatic rings. The summed E-state index contributed by atoms with van der Waals surface area (Å²) in [5.74, 6) is 0.705.